The van der Waals surface area contributed by atoms with Crippen LogP contribution in [0.4, 0.5) is 4.39 Å². The van der Waals surface area contributed by atoms with Gasteiger partial charge in [-0.25, -0.2) is 9.07 Å². The monoisotopic (exact) mass is 317 g/mol. The van der Waals surface area contributed by atoms with E-state index in [1.165, 1.54) is 10.7 Å². The molecule has 122 valence electrons. The van der Waals surface area contributed by atoms with Crippen molar-refractivity contribution in [3.63, 3.8) is 0 Å². The molecule has 0 radical (unpaired) electrons. The molecular weight excluding hydrogens is 297 g/mol. The molecule has 1 aliphatic heterocycles. The van der Waals surface area contributed by atoms with Gasteiger partial charge in [-0.2, -0.15) is 0 Å². The Kier molecular flexibility index (Phi) is 4.12. The van der Waals surface area contributed by atoms with Gasteiger partial charge in [-0.15, -0.1) is 5.10 Å². The number of hydrogen-bond acceptors (Lipinski definition) is 4. The second-order valence-electron chi connectivity index (χ2n) is 5.99. The molecule has 7 heteroatoms. The van der Waals surface area contributed by atoms with Gasteiger partial charge in [0, 0.05) is 26.2 Å². The Hall–Kier alpha value is -2.28. The van der Waals surface area contributed by atoms with E-state index in [2.05, 4.69) is 15.2 Å². The van der Waals surface area contributed by atoms with Crippen LogP contribution in [0, 0.1) is 19.7 Å². The van der Waals surface area contributed by atoms with Crippen LogP contribution in [0.2, 0.25) is 0 Å². The number of amides is 1. The molecule has 0 spiro atoms. The van der Waals surface area contributed by atoms with E-state index < -0.39 is 0 Å². The third-order valence-electron chi connectivity index (χ3n) is 4.22. The number of hydrogen-bond donors (Lipinski definition) is 0. The third-order valence-corrected chi connectivity index (χ3v) is 4.22. The zero-order valence-corrected chi connectivity index (χ0v) is 13.6. The van der Waals surface area contributed by atoms with Crippen LogP contribution in [0.1, 0.15) is 21.7 Å². The van der Waals surface area contributed by atoms with E-state index in [4.69, 9.17) is 0 Å². The highest BCUT2D eigenvalue weighted by atomic mass is 19.1. The Morgan fingerprint density at radius 2 is 1.87 bits per heavy atom. The van der Waals surface area contributed by atoms with Gasteiger partial charge in [-0.3, -0.25) is 4.79 Å². The Morgan fingerprint density at radius 1 is 1.17 bits per heavy atom. The summed E-state index contributed by atoms with van der Waals surface area (Å²) in [6.07, 6.45) is 0. The molecule has 1 fully saturated rings. The van der Waals surface area contributed by atoms with Gasteiger partial charge in [0.15, 0.2) is 5.69 Å². The quantitative estimate of drug-likeness (QED) is 0.840. The molecule has 0 N–H and O–H groups in total. The Bertz CT molecular complexity index is 734. The average molecular weight is 317 g/mol. The van der Waals surface area contributed by atoms with Crippen LogP contribution in [0.5, 0.6) is 0 Å². The van der Waals surface area contributed by atoms with Gasteiger partial charge in [0.05, 0.1) is 5.69 Å². The zero-order chi connectivity index (χ0) is 16.6. The zero-order valence-electron chi connectivity index (χ0n) is 13.6. The van der Waals surface area contributed by atoms with Crippen LogP contribution in [0.25, 0.3) is 5.69 Å². The van der Waals surface area contributed by atoms with Gasteiger partial charge in [0.25, 0.3) is 5.91 Å². The molecule has 6 nitrogen and oxygen atoms in total. The number of halogens is 1. The second-order valence-corrected chi connectivity index (χ2v) is 5.99. The predicted molar refractivity (Wildman–Crippen MR) is 84.2 cm³/mol. The van der Waals surface area contributed by atoms with E-state index in [1.807, 2.05) is 20.0 Å². The maximum absolute atomic E-state index is 14.1. The van der Waals surface area contributed by atoms with E-state index in [1.54, 1.807) is 17.9 Å². The van der Waals surface area contributed by atoms with Crippen LogP contribution in [0.15, 0.2) is 18.2 Å². The molecule has 2 aromatic rings. The van der Waals surface area contributed by atoms with Crippen molar-refractivity contribution < 1.29 is 9.18 Å². The van der Waals surface area contributed by atoms with E-state index in [9.17, 15) is 9.18 Å². The molecule has 0 atom stereocenters. The van der Waals surface area contributed by atoms with Crippen LogP contribution in [-0.4, -0.2) is 63.9 Å². The van der Waals surface area contributed by atoms with E-state index >= 15 is 0 Å². The molecule has 1 aliphatic rings. The number of rotatable bonds is 2. The summed E-state index contributed by atoms with van der Waals surface area (Å²) in [5.74, 6) is -0.522. The fraction of sp³-hybridized carbons (Fsp3) is 0.438. The Labute approximate surface area is 134 Å². The molecule has 1 aromatic heterocycles. The molecule has 1 aromatic carbocycles. The highest BCUT2D eigenvalue weighted by Gasteiger charge is 2.25. The summed E-state index contributed by atoms with van der Waals surface area (Å²) in [5, 5.41) is 7.97. The van der Waals surface area contributed by atoms with Gasteiger partial charge < -0.3 is 9.80 Å². The minimum atomic E-state index is -0.378. The first-order valence-corrected chi connectivity index (χ1v) is 7.64. The molecule has 1 amide bonds. The number of benzene rings is 1. The Balaban J connectivity index is 1.88. The average Bonchev–Trinajstić information content (AvgIpc) is 2.89. The van der Waals surface area contributed by atoms with E-state index in [0.29, 0.717) is 24.5 Å². The minimum Gasteiger partial charge on any atom is -0.335 e. The Morgan fingerprint density at radius 3 is 2.52 bits per heavy atom. The summed E-state index contributed by atoms with van der Waals surface area (Å²) >= 11 is 0. The number of carbonyl (C=O) groups is 1. The highest BCUT2D eigenvalue weighted by Crippen LogP contribution is 2.18. The first-order chi connectivity index (χ1) is 11.0. The molecule has 2 heterocycles. The van der Waals surface area contributed by atoms with Gasteiger partial charge in [-0.05, 0) is 38.6 Å². The topological polar surface area (TPSA) is 54.3 Å². The van der Waals surface area contributed by atoms with Crippen LogP contribution in [0.3, 0.4) is 0 Å². The molecule has 0 unspecified atom stereocenters. The molecule has 0 aliphatic carbocycles. The van der Waals surface area contributed by atoms with Crippen molar-refractivity contribution in [2.24, 2.45) is 0 Å². The highest BCUT2D eigenvalue weighted by molar-refractivity contribution is 5.93. The number of carbonyl (C=O) groups excluding carboxylic acids is 1. The minimum absolute atomic E-state index is 0.144. The fourth-order valence-electron chi connectivity index (χ4n) is 2.70. The van der Waals surface area contributed by atoms with Gasteiger partial charge in [-0.1, -0.05) is 11.3 Å². The van der Waals surface area contributed by atoms with Crippen molar-refractivity contribution in [2.45, 2.75) is 13.8 Å². The number of nitrogens with zero attached hydrogens (tertiary/aromatic N) is 5. The smallest absolute Gasteiger partial charge is 0.276 e. The molecular formula is C16H20FN5O. The summed E-state index contributed by atoms with van der Waals surface area (Å²) in [6, 6.07) is 4.90. The molecule has 1 saturated heterocycles. The lowest BCUT2D eigenvalue weighted by molar-refractivity contribution is 0.0657. The van der Waals surface area contributed by atoms with Crippen molar-refractivity contribution in [3.8, 4) is 5.69 Å². The number of piperazine rings is 1. The van der Waals surface area contributed by atoms with Gasteiger partial charge in [0.1, 0.15) is 11.5 Å². The largest absolute Gasteiger partial charge is 0.335 e. The third kappa shape index (κ3) is 2.96. The molecule has 0 bridgehead atoms. The summed E-state index contributed by atoms with van der Waals surface area (Å²) in [6.45, 7) is 6.57. The van der Waals surface area contributed by atoms with Crippen molar-refractivity contribution in [3.05, 3.63) is 41.0 Å². The number of aryl methyl sites for hydroxylation is 1. The number of aromatic nitrogens is 3. The summed E-state index contributed by atoms with van der Waals surface area (Å²) in [7, 11) is 2.03. The lowest BCUT2D eigenvalue weighted by atomic mass is 10.2. The van der Waals surface area contributed by atoms with Crippen LogP contribution >= 0.6 is 0 Å². The summed E-state index contributed by atoms with van der Waals surface area (Å²) in [5.41, 5.74) is 1.97. The SMILES string of the molecule is Cc1ccc(-n2nnc(C(=O)N3CCN(C)CC3)c2C)c(F)c1. The first-order valence-electron chi connectivity index (χ1n) is 7.64. The first kappa shape index (κ1) is 15.6. The molecule has 3 rings (SSSR count). The normalized spacial score (nSPS) is 15.9. The van der Waals surface area contributed by atoms with Crippen molar-refractivity contribution in [1.29, 1.82) is 0 Å². The predicted octanol–water partition coefficient (Wildman–Crippen LogP) is 1.41. The van der Waals surface area contributed by atoms with Gasteiger partial charge in [0.2, 0.25) is 0 Å². The maximum Gasteiger partial charge on any atom is 0.276 e. The maximum atomic E-state index is 14.1. The van der Waals surface area contributed by atoms with Gasteiger partial charge >= 0.3 is 0 Å². The fourth-order valence-corrected chi connectivity index (χ4v) is 2.70. The molecule has 23 heavy (non-hydrogen) atoms. The van der Waals surface area contributed by atoms with E-state index in [0.717, 1.165) is 18.7 Å². The van der Waals surface area contributed by atoms with Crippen molar-refractivity contribution in [1.82, 2.24) is 24.8 Å². The van der Waals surface area contributed by atoms with Crippen molar-refractivity contribution in [2.75, 3.05) is 33.2 Å². The molecule has 0 saturated carbocycles. The lowest BCUT2D eigenvalue weighted by Crippen LogP contribution is -2.47. The van der Waals surface area contributed by atoms with Crippen LogP contribution < -0.4 is 0 Å². The standard InChI is InChI=1S/C16H20FN5O/c1-11-4-5-14(13(17)10-11)22-12(2)15(18-19-22)16(23)21-8-6-20(3)7-9-21/h4-5,10H,6-9H2,1-3H3. The summed E-state index contributed by atoms with van der Waals surface area (Å²) in [4.78, 5) is 16.6. The van der Waals surface area contributed by atoms with E-state index in [-0.39, 0.29) is 17.4 Å². The van der Waals surface area contributed by atoms with Crippen LogP contribution in [-0.2, 0) is 0 Å². The lowest BCUT2D eigenvalue weighted by Gasteiger charge is -2.31. The van der Waals surface area contributed by atoms with Crippen molar-refractivity contribution >= 4 is 5.91 Å². The summed E-state index contributed by atoms with van der Waals surface area (Å²) < 4.78 is 15.5. The second kappa shape index (κ2) is 6.08. The number of likely N-dealkylation sites (N-methyl/N-ethyl adjacent to an activating group) is 1.